The molecule has 0 N–H and O–H groups in total. The molecule has 0 bridgehead atoms. The van der Waals surface area contributed by atoms with Gasteiger partial charge in [0.2, 0.25) is 0 Å². The minimum Gasteiger partial charge on any atom is -0.135 e. The summed E-state index contributed by atoms with van der Waals surface area (Å²) >= 11 is 1.92. The molecule has 0 radical (unpaired) electrons. The maximum absolute atomic E-state index is 2.49. The molecule has 1 aliphatic rings. The fourth-order valence-corrected chi connectivity index (χ4v) is 11.3. The first-order valence-electron chi connectivity index (χ1n) is 19.6. The van der Waals surface area contributed by atoms with Crippen molar-refractivity contribution in [2.24, 2.45) is 0 Å². The summed E-state index contributed by atoms with van der Waals surface area (Å²) in [6, 6.07) is 68.1. The van der Waals surface area contributed by atoms with Crippen LogP contribution in [-0.4, -0.2) is 0 Å². The molecule has 1 aliphatic carbocycles. The van der Waals surface area contributed by atoms with Gasteiger partial charge in [-0.3, -0.25) is 0 Å². The van der Waals surface area contributed by atoms with Crippen molar-refractivity contribution in [1.82, 2.24) is 0 Å². The van der Waals surface area contributed by atoms with E-state index in [1.54, 1.807) is 0 Å². The molecule has 12 rings (SSSR count). The summed E-state index contributed by atoms with van der Waals surface area (Å²) in [4.78, 5) is 0. The number of hydrogen-bond donors (Lipinski definition) is 0. The first-order chi connectivity index (χ1) is 27.5. The summed E-state index contributed by atoms with van der Waals surface area (Å²) in [5, 5.41) is 13.2. The predicted octanol–water partition coefficient (Wildman–Crippen LogP) is 16.0. The Morgan fingerprint density at radius 1 is 0.339 bits per heavy atom. The molecule has 11 aromatic rings. The lowest BCUT2D eigenvalue weighted by molar-refractivity contribution is 0.661. The standard InChI is InChI=1S/C55H36S/c1-55(2)48-31-35(34-26-29-50-47(30-34)53-41-18-8-6-16-37(41)38-17-7-13-23-46(38)54(53)56-50)24-27-39(48)40-28-25-36(32-49(40)55)52-44-21-11-9-19-42(44)51(33-14-4-3-5-15-33)43-20-10-12-22-45(43)52/h3-32H,1-2H3. The lowest BCUT2D eigenvalue weighted by Crippen LogP contribution is -2.15. The van der Waals surface area contributed by atoms with E-state index in [9.17, 15) is 0 Å². The number of rotatable bonds is 3. The van der Waals surface area contributed by atoms with Crippen LogP contribution in [0.1, 0.15) is 25.0 Å². The molecule has 56 heavy (non-hydrogen) atoms. The van der Waals surface area contributed by atoms with E-state index in [0.29, 0.717) is 0 Å². The molecule has 0 saturated carbocycles. The molecule has 0 spiro atoms. The van der Waals surface area contributed by atoms with E-state index in [4.69, 9.17) is 0 Å². The van der Waals surface area contributed by atoms with Gasteiger partial charge in [-0.15, -0.1) is 11.3 Å². The molecule has 262 valence electrons. The maximum Gasteiger partial charge on any atom is 0.0440 e. The van der Waals surface area contributed by atoms with Gasteiger partial charge < -0.3 is 0 Å². The van der Waals surface area contributed by atoms with Crippen LogP contribution < -0.4 is 0 Å². The average Bonchev–Trinajstić information content (AvgIpc) is 3.75. The van der Waals surface area contributed by atoms with Crippen LogP contribution in [0.3, 0.4) is 0 Å². The zero-order valence-corrected chi connectivity index (χ0v) is 32.0. The van der Waals surface area contributed by atoms with Gasteiger partial charge in [0.1, 0.15) is 0 Å². The second-order valence-electron chi connectivity index (χ2n) is 16.0. The highest BCUT2D eigenvalue weighted by Crippen LogP contribution is 2.53. The smallest absolute Gasteiger partial charge is 0.0440 e. The van der Waals surface area contributed by atoms with Crippen molar-refractivity contribution < 1.29 is 0 Å². The Bertz CT molecular complexity index is 3380. The Morgan fingerprint density at radius 2 is 0.786 bits per heavy atom. The van der Waals surface area contributed by atoms with E-state index in [1.165, 1.54) is 119 Å². The average molecular weight is 729 g/mol. The lowest BCUT2D eigenvalue weighted by Gasteiger charge is -2.23. The van der Waals surface area contributed by atoms with E-state index in [0.717, 1.165) is 0 Å². The van der Waals surface area contributed by atoms with Crippen molar-refractivity contribution in [2.45, 2.75) is 19.3 Å². The number of fused-ring (bicyclic) bond motifs is 13. The summed E-state index contributed by atoms with van der Waals surface area (Å²) in [5.74, 6) is 0. The minimum atomic E-state index is -0.166. The van der Waals surface area contributed by atoms with Crippen LogP contribution in [0.15, 0.2) is 182 Å². The van der Waals surface area contributed by atoms with E-state index in [-0.39, 0.29) is 5.41 Å². The van der Waals surface area contributed by atoms with Gasteiger partial charge in [0.05, 0.1) is 0 Å². The molecule has 0 atom stereocenters. The topological polar surface area (TPSA) is 0 Å². The van der Waals surface area contributed by atoms with Crippen molar-refractivity contribution in [3.63, 3.8) is 0 Å². The van der Waals surface area contributed by atoms with E-state index < -0.39 is 0 Å². The molecular weight excluding hydrogens is 693 g/mol. The summed E-state index contributed by atoms with van der Waals surface area (Å²) in [6.45, 7) is 4.82. The van der Waals surface area contributed by atoms with Crippen LogP contribution in [0, 0.1) is 0 Å². The van der Waals surface area contributed by atoms with Gasteiger partial charge in [0.15, 0.2) is 0 Å². The van der Waals surface area contributed by atoms with Gasteiger partial charge in [0.25, 0.3) is 0 Å². The second-order valence-corrected chi connectivity index (χ2v) is 17.0. The zero-order valence-electron chi connectivity index (χ0n) is 31.2. The Morgan fingerprint density at radius 3 is 1.41 bits per heavy atom. The molecule has 0 fully saturated rings. The van der Waals surface area contributed by atoms with Gasteiger partial charge in [-0.1, -0.05) is 172 Å². The highest BCUT2D eigenvalue weighted by molar-refractivity contribution is 7.27. The molecule has 0 unspecified atom stereocenters. The Hall–Kier alpha value is -6.54. The van der Waals surface area contributed by atoms with Crippen LogP contribution in [0.4, 0.5) is 0 Å². The van der Waals surface area contributed by atoms with Gasteiger partial charge in [-0.05, 0) is 118 Å². The molecule has 0 saturated heterocycles. The third kappa shape index (κ3) is 4.41. The largest absolute Gasteiger partial charge is 0.135 e. The van der Waals surface area contributed by atoms with Gasteiger partial charge in [0, 0.05) is 31.0 Å². The third-order valence-corrected chi connectivity index (χ3v) is 13.8. The molecule has 1 heteroatoms. The van der Waals surface area contributed by atoms with E-state index >= 15 is 0 Å². The minimum absolute atomic E-state index is 0.166. The molecule has 1 heterocycles. The van der Waals surface area contributed by atoms with Crippen LogP contribution in [0.25, 0.3) is 108 Å². The van der Waals surface area contributed by atoms with Gasteiger partial charge in [-0.25, -0.2) is 0 Å². The molecule has 10 aromatic carbocycles. The number of benzene rings is 10. The second kappa shape index (κ2) is 11.7. The highest BCUT2D eigenvalue weighted by atomic mass is 32.1. The van der Waals surface area contributed by atoms with Crippen molar-refractivity contribution in [2.75, 3.05) is 0 Å². The molecule has 0 amide bonds. The van der Waals surface area contributed by atoms with E-state index in [2.05, 4.69) is 196 Å². The van der Waals surface area contributed by atoms with Crippen LogP contribution in [0.5, 0.6) is 0 Å². The first kappa shape index (κ1) is 31.8. The van der Waals surface area contributed by atoms with Crippen LogP contribution >= 0.6 is 11.3 Å². The Balaban J connectivity index is 1.01. The first-order valence-corrected chi connectivity index (χ1v) is 20.4. The summed E-state index contributed by atoms with van der Waals surface area (Å²) in [6.07, 6.45) is 0. The summed E-state index contributed by atoms with van der Waals surface area (Å²) < 4.78 is 2.71. The van der Waals surface area contributed by atoms with Crippen molar-refractivity contribution >= 4 is 74.6 Å². The Labute approximate surface area is 329 Å². The molecule has 0 nitrogen and oxygen atoms in total. The molecule has 1 aromatic heterocycles. The predicted molar refractivity (Wildman–Crippen MR) is 243 cm³/mol. The Kier molecular flexibility index (Phi) is 6.66. The number of hydrogen-bond acceptors (Lipinski definition) is 1. The van der Waals surface area contributed by atoms with Gasteiger partial charge >= 0.3 is 0 Å². The summed E-state index contributed by atoms with van der Waals surface area (Å²) in [5.41, 5.74) is 13.0. The monoisotopic (exact) mass is 728 g/mol. The quantitative estimate of drug-likeness (QED) is 0.126. The third-order valence-electron chi connectivity index (χ3n) is 12.6. The fraction of sp³-hybridized carbons (Fsp3) is 0.0545. The fourth-order valence-electron chi connectivity index (χ4n) is 10.0. The lowest BCUT2D eigenvalue weighted by atomic mass is 9.80. The van der Waals surface area contributed by atoms with E-state index in [1.807, 2.05) is 11.3 Å². The van der Waals surface area contributed by atoms with Gasteiger partial charge in [-0.2, -0.15) is 0 Å². The maximum atomic E-state index is 2.49. The highest BCUT2D eigenvalue weighted by Gasteiger charge is 2.36. The molecule has 0 aliphatic heterocycles. The molecular formula is C55H36S. The SMILES string of the molecule is CC1(C)c2cc(-c3ccc4sc5c6ccccc6c6ccccc6c5c4c3)ccc2-c2ccc(-c3c4ccccc4c(-c4ccccc4)c4ccccc34)cc21. The van der Waals surface area contributed by atoms with Crippen molar-refractivity contribution in [1.29, 1.82) is 0 Å². The number of thiophene rings is 1. The van der Waals surface area contributed by atoms with Crippen molar-refractivity contribution in [3.8, 4) is 44.5 Å². The zero-order chi connectivity index (χ0) is 37.1. The van der Waals surface area contributed by atoms with Crippen molar-refractivity contribution in [3.05, 3.63) is 193 Å². The summed E-state index contributed by atoms with van der Waals surface area (Å²) in [7, 11) is 0. The normalized spacial score (nSPS) is 13.3. The van der Waals surface area contributed by atoms with Crippen LogP contribution in [0.2, 0.25) is 0 Å². The van der Waals surface area contributed by atoms with Crippen LogP contribution in [-0.2, 0) is 5.41 Å².